The van der Waals surface area contributed by atoms with Crippen molar-refractivity contribution in [2.75, 3.05) is 0 Å². The normalized spacial score (nSPS) is 10.4. The van der Waals surface area contributed by atoms with Gasteiger partial charge in [0.1, 0.15) is 0 Å². The van der Waals surface area contributed by atoms with Crippen molar-refractivity contribution in [3.05, 3.63) is 59.7 Å². The number of hydrogen-bond acceptors (Lipinski definition) is 0. The largest absolute Gasteiger partial charge is 0.0651 e. The topological polar surface area (TPSA) is 0 Å². The number of rotatable bonds is 3. The molecule has 0 radical (unpaired) electrons. The third-order valence-electron chi connectivity index (χ3n) is 2.97. The highest BCUT2D eigenvalue weighted by Gasteiger charge is 2.00. The second kappa shape index (κ2) is 4.98. The van der Waals surface area contributed by atoms with Gasteiger partial charge in [0.25, 0.3) is 0 Å². The van der Waals surface area contributed by atoms with Gasteiger partial charge < -0.3 is 0 Å². The van der Waals surface area contributed by atoms with Crippen LogP contribution in [0.4, 0.5) is 0 Å². The Bertz CT molecular complexity index is 455. The lowest BCUT2D eigenvalue weighted by molar-refractivity contribution is 0.913. The molecule has 2 aromatic carbocycles. The van der Waals surface area contributed by atoms with Crippen LogP contribution in [0.5, 0.6) is 0 Å². The van der Waals surface area contributed by atoms with Gasteiger partial charge >= 0.3 is 0 Å². The third kappa shape index (κ3) is 2.33. The highest BCUT2D eigenvalue weighted by molar-refractivity contribution is 5.64. The molecule has 0 spiro atoms. The molecule has 0 saturated heterocycles. The van der Waals surface area contributed by atoms with Crippen LogP contribution in [0, 0.1) is 6.92 Å². The first-order chi connectivity index (χ1) is 7.81. The van der Waals surface area contributed by atoms with Crippen LogP contribution in [0.3, 0.4) is 0 Å². The van der Waals surface area contributed by atoms with Gasteiger partial charge in [0.15, 0.2) is 0 Å². The van der Waals surface area contributed by atoms with Crippen LogP contribution in [0.2, 0.25) is 0 Å². The number of benzene rings is 2. The second-order valence-corrected chi connectivity index (χ2v) is 4.26. The lowest BCUT2D eigenvalue weighted by Gasteiger charge is -2.07. The van der Waals surface area contributed by atoms with E-state index in [1.54, 1.807) is 0 Å². The molecule has 2 rings (SSSR count). The number of aryl methyl sites for hydroxylation is 2. The van der Waals surface area contributed by atoms with Gasteiger partial charge in [-0.1, -0.05) is 61.9 Å². The zero-order valence-corrected chi connectivity index (χ0v) is 10.0. The van der Waals surface area contributed by atoms with Crippen LogP contribution >= 0.6 is 0 Å². The van der Waals surface area contributed by atoms with Gasteiger partial charge in [0.05, 0.1) is 0 Å². The van der Waals surface area contributed by atoms with Crippen molar-refractivity contribution in [3.63, 3.8) is 0 Å². The van der Waals surface area contributed by atoms with E-state index in [1.165, 1.54) is 35.1 Å². The zero-order valence-electron chi connectivity index (χ0n) is 10.0. The molecule has 2 aromatic rings. The smallest absolute Gasteiger partial charge is 0.0181 e. The monoisotopic (exact) mass is 210 g/mol. The van der Waals surface area contributed by atoms with Crippen LogP contribution in [-0.4, -0.2) is 0 Å². The molecule has 0 nitrogen and oxygen atoms in total. The molecule has 0 aromatic heterocycles. The molecule has 0 aliphatic carbocycles. The molecule has 0 aliphatic rings. The van der Waals surface area contributed by atoms with Crippen LogP contribution in [-0.2, 0) is 6.42 Å². The van der Waals surface area contributed by atoms with Crippen molar-refractivity contribution < 1.29 is 0 Å². The third-order valence-corrected chi connectivity index (χ3v) is 2.97. The molecule has 0 saturated carbocycles. The van der Waals surface area contributed by atoms with Crippen LogP contribution < -0.4 is 0 Å². The van der Waals surface area contributed by atoms with E-state index in [9.17, 15) is 0 Å². The molecule has 82 valence electrons. The summed E-state index contributed by atoms with van der Waals surface area (Å²) in [5, 5.41) is 0. The minimum atomic E-state index is 1.18. The highest BCUT2D eigenvalue weighted by Crippen LogP contribution is 2.22. The Hall–Kier alpha value is -1.56. The van der Waals surface area contributed by atoms with Gasteiger partial charge in [-0.3, -0.25) is 0 Å². The SMILES string of the molecule is CCCc1ccc(-c2ccccc2)cc1C. The molecule has 0 unspecified atom stereocenters. The Morgan fingerprint density at radius 2 is 1.62 bits per heavy atom. The van der Waals surface area contributed by atoms with E-state index in [0.717, 1.165) is 0 Å². The summed E-state index contributed by atoms with van der Waals surface area (Å²) >= 11 is 0. The van der Waals surface area contributed by atoms with Crippen molar-refractivity contribution in [1.29, 1.82) is 0 Å². The van der Waals surface area contributed by atoms with Gasteiger partial charge in [-0.05, 0) is 35.6 Å². The van der Waals surface area contributed by atoms with Crippen molar-refractivity contribution >= 4 is 0 Å². The Balaban J connectivity index is 2.35. The standard InChI is InChI=1S/C16H18/c1-3-7-14-10-11-16(12-13(14)2)15-8-5-4-6-9-15/h4-6,8-12H,3,7H2,1-2H3. The summed E-state index contributed by atoms with van der Waals surface area (Å²) in [7, 11) is 0. The lowest BCUT2D eigenvalue weighted by atomic mass is 9.98. The highest BCUT2D eigenvalue weighted by atomic mass is 14.1. The molecule has 0 aliphatic heterocycles. The fourth-order valence-electron chi connectivity index (χ4n) is 2.06. The summed E-state index contributed by atoms with van der Waals surface area (Å²) in [4.78, 5) is 0. The van der Waals surface area contributed by atoms with E-state index >= 15 is 0 Å². The van der Waals surface area contributed by atoms with E-state index in [-0.39, 0.29) is 0 Å². The minimum Gasteiger partial charge on any atom is -0.0651 e. The maximum Gasteiger partial charge on any atom is -0.0181 e. The molecule has 0 heterocycles. The second-order valence-electron chi connectivity index (χ2n) is 4.26. The minimum absolute atomic E-state index is 1.18. The summed E-state index contributed by atoms with van der Waals surface area (Å²) in [5.74, 6) is 0. The van der Waals surface area contributed by atoms with Crippen molar-refractivity contribution in [1.82, 2.24) is 0 Å². The fourth-order valence-corrected chi connectivity index (χ4v) is 2.06. The molecule has 0 atom stereocenters. The Morgan fingerprint density at radius 3 is 2.25 bits per heavy atom. The molecule has 0 bridgehead atoms. The first-order valence-electron chi connectivity index (χ1n) is 5.96. The molecular weight excluding hydrogens is 192 g/mol. The van der Waals surface area contributed by atoms with E-state index in [2.05, 4.69) is 62.4 Å². The molecule has 0 N–H and O–H groups in total. The van der Waals surface area contributed by atoms with Crippen molar-refractivity contribution in [3.8, 4) is 11.1 Å². The van der Waals surface area contributed by atoms with Gasteiger partial charge in [0, 0.05) is 0 Å². The van der Waals surface area contributed by atoms with Crippen molar-refractivity contribution in [2.45, 2.75) is 26.7 Å². The average Bonchev–Trinajstić information content (AvgIpc) is 2.33. The van der Waals surface area contributed by atoms with Crippen LogP contribution in [0.1, 0.15) is 24.5 Å². The molecule has 16 heavy (non-hydrogen) atoms. The average molecular weight is 210 g/mol. The van der Waals surface area contributed by atoms with Crippen LogP contribution in [0.15, 0.2) is 48.5 Å². The van der Waals surface area contributed by atoms with E-state index < -0.39 is 0 Å². The fraction of sp³-hybridized carbons (Fsp3) is 0.250. The summed E-state index contributed by atoms with van der Waals surface area (Å²) < 4.78 is 0. The quantitative estimate of drug-likeness (QED) is 0.693. The first-order valence-corrected chi connectivity index (χ1v) is 5.96. The predicted octanol–water partition coefficient (Wildman–Crippen LogP) is 4.61. The van der Waals surface area contributed by atoms with E-state index in [1.807, 2.05) is 0 Å². The predicted molar refractivity (Wildman–Crippen MR) is 70.6 cm³/mol. The Labute approximate surface area is 97.9 Å². The molecule has 0 fully saturated rings. The maximum atomic E-state index is 2.29. The van der Waals surface area contributed by atoms with Gasteiger partial charge in [0.2, 0.25) is 0 Å². The summed E-state index contributed by atoms with van der Waals surface area (Å²) in [6.45, 7) is 4.43. The Morgan fingerprint density at radius 1 is 0.875 bits per heavy atom. The van der Waals surface area contributed by atoms with Gasteiger partial charge in [-0.25, -0.2) is 0 Å². The van der Waals surface area contributed by atoms with Crippen LogP contribution in [0.25, 0.3) is 11.1 Å². The van der Waals surface area contributed by atoms with Gasteiger partial charge in [-0.2, -0.15) is 0 Å². The summed E-state index contributed by atoms with van der Waals surface area (Å²) in [6.07, 6.45) is 2.40. The lowest BCUT2D eigenvalue weighted by Crippen LogP contribution is -1.89. The summed E-state index contributed by atoms with van der Waals surface area (Å²) in [5.41, 5.74) is 5.50. The van der Waals surface area contributed by atoms with E-state index in [4.69, 9.17) is 0 Å². The molecular formula is C16H18. The molecule has 0 amide bonds. The Kier molecular flexibility index (Phi) is 3.40. The summed E-state index contributed by atoms with van der Waals surface area (Å²) in [6, 6.07) is 17.3. The first kappa shape index (κ1) is 10.9. The number of hydrogen-bond donors (Lipinski definition) is 0. The zero-order chi connectivity index (χ0) is 11.4. The maximum absolute atomic E-state index is 2.29. The van der Waals surface area contributed by atoms with Crippen molar-refractivity contribution in [2.24, 2.45) is 0 Å². The van der Waals surface area contributed by atoms with E-state index in [0.29, 0.717) is 0 Å². The van der Waals surface area contributed by atoms with Gasteiger partial charge in [-0.15, -0.1) is 0 Å². The molecule has 0 heteroatoms.